The Morgan fingerprint density at radius 1 is 0.950 bits per heavy atom. The van der Waals surface area contributed by atoms with Gasteiger partial charge in [-0.3, -0.25) is 9.59 Å². The van der Waals surface area contributed by atoms with Gasteiger partial charge in [0, 0.05) is 6.04 Å². The van der Waals surface area contributed by atoms with Crippen LogP contribution in [0.15, 0.2) is 0 Å². The fourth-order valence-electron chi connectivity index (χ4n) is 4.11. The van der Waals surface area contributed by atoms with Crippen LogP contribution in [0.2, 0.25) is 0 Å². The van der Waals surface area contributed by atoms with Crippen molar-refractivity contribution >= 4 is 11.9 Å². The Balaban J connectivity index is 1.94. The van der Waals surface area contributed by atoms with Gasteiger partial charge in [0.1, 0.15) is 0 Å². The van der Waals surface area contributed by atoms with Crippen molar-refractivity contribution in [3.05, 3.63) is 0 Å². The number of aliphatic carboxylic acids is 1. The minimum atomic E-state index is -0.810. The highest BCUT2D eigenvalue weighted by Gasteiger charge is 2.37. The normalized spacial score (nSPS) is 38.2. The highest BCUT2D eigenvalue weighted by Crippen LogP contribution is 2.32. The van der Waals surface area contributed by atoms with E-state index in [9.17, 15) is 14.7 Å². The predicted octanol–water partition coefficient (Wildman–Crippen LogP) is 2.82. The first kappa shape index (κ1) is 15.3. The van der Waals surface area contributed by atoms with Gasteiger partial charge in [0.05, 0.1) is 11.8 Å². The molecule has 2 fully saturated rings. The number of carbonyl (C=O) groups is 2. The molecule has 114 valence electrons. The van der Waals surface area contributed by atoms with Crippen LogP contribution in [0, 0.1) is 23.7 Å². The average Bonchev–Trinajstić information content (AvgIpc) is 2.37. The molecule has 2 unspecified atom stereocenters. The van der Waals surface area contributed by atoms with Crippen LogP contribution in [0.25, 0.3) is 0 Å². The zero-order chi connectivity index (χ0) is 14.7. The Bertz CT molecular complexity index is 359. The molecule has 2 aliphatic rings. The van der Waals surface area contributed by atoms with Crippen LogP contribution in [0.5, 0.6) is 0 Å². The van der Waals surface area contributed by atoms with E-state index in [1.807, 2.05) is 0 Å². The zero-order valence-corrected chi connectivity index (χ0v) is 12.6. The molecule has 4 heteroatoms. The molecule has 20 heavy (non-hydrogen) atoms. The van der Waals surface area contributed by atoms with E-state index in [-0.39, 0.29) is 17.9 Å². The van der Waals surface area contributed by atoms with Crippen LogP contribution >= 0.6 is 0 Å². The number of hydrogen-bond acceptors (Lipinski definition) is 2. The molecule has 0 aliphatic heterocycles. The van der Waals surface area contributed by atoms with Crippen molar-refractivity contribution in [3.8, 4) is 0 Å². The molecule has 1 amide bonds. The molecule has 0 bridgehead atoms. The number of amides is 1. The third-order valence-electron chi connectivity index (χ3n) is 4.94. The summed E-state index contributed by atoms with van der Waals surface area (Å²) in [6.45, 7) is 4.46. The maximum Gasteiger partial charge on any atom is 0.307 e. The Hall–Kier alpha value is -1.06. The van der Waals surface area contributed by atoms with E-state index in [2.05, 4.69) is 19.2 Å². The van der Waals surface area contributed by atoms with Crippen LogP contribution in [0.1, 0.15) is 58.8 Å². The van der Waals surface area contributed by atoms with Gasteiger partial charge in [0.2, 0.25) is 5.91 Å². The molecule has 2 rings (SSSR count). The maximum absolute atomic E-state index is 12.4. The van der Waals surface area contributed by atoms with Crippen LogP contribution in [0.4, 0.5) is 0 Å². The van der Waals surface area contributed by atoms with Crippen molar-refractivity contribution in [1.82, 2.24) is 5.32 Å². The summed E-state index contributed by atoms with van der Waals surface area (Å²) >= 11 is 0. The van der Waals surface area contributed by atoms with Gasteiger partial charge in [-0.2, -0.15) is 0 Å². The summed E-state index contributed by atoms with van der Waals surface area (Å²) in [5, 5.41) is 12.4. The quantitative estimate of drug-likeness (QED) is 0.836. The lowest BCUT2D eigenvalue weighted by atomic mass is 9.77. The molecule has 0 radical (unpaired) electrons. The molecule has 0 heterocycles. The highest BCUT2D eigenvalue weighted by molar-refractivity contribution is 5.85. The second-order valence-corrected chi connectivity index (χ2v) is 6.96. The van der Waals surface area contributed by atoms with Crippen LogP contribution in [-0.4, -0.2) is 23.0 Å². The minimum absolute atomic E-state index is 0.0246. The van der Waals surface area contributed by atoms with E-state index < -0.39 is 11.9 Å². The summed E-state index contributed by atoms with van der Waals surface area (Å²) in [4.78, 5) is 23.7. The van der Waals surface area contributed by atoms with E-state index in [1.165, 1.54) is 6.42 Å². The number of carboxylic acids is 1. The van der Waals surface area contributed by atoms with E-state index in [0.29, 0.717) is 18.3 Å². The largest absolute Gasteiger partial charge is 0.481 e. The standard InChI is InChI=1S/C16H27NO3/c1-10-7-11(2)9-12(8-10)17-15(18)13-5-3-4-6-14(13)16(19)20/h10-14H,3-9H2,1-2H3,(H,17,18)(H,19,20)/t10?,11?,12?,13-,14+/m1/s1. The fraction of sp³-hybridized carbons (Fsp3) is 0.875. The Morgan fingerprint density at radius 2 is 1.50 bits per heavy atom. The van der Waals surface area contributed by atoms with Crippen LogP contribution < -0.4 is 5.32 Å². The van der Waals surface area contributed by atoms with Crippen molar-refractivity contribution in [2.45, 2.75) is 64.8 Å². The second-order valence-electron chi connectivity index (χ2n) is 6.96. The molecule has 0 spiro atoms. The molecular formula is C16H27NO3. The van der Waals surface area contributed by atoms with Crippen molar-refractivity contribution in [2.24, 2.45) is 23.7 Å². The summed E-state index contributed by atoms with van der Waals surface area (Å²) in [5.74, 6) is -0.356. The van der Waals surface area contributed by atoms with Gasteiger partial charge >= 0.3 is 5.97 Å². The molecule has 0 saturated heterocycles. The monoisotopic (exact) mass is 281 g/mol. The van der Waals surface area contributed by atoms with Crippen molar-refractivity contribution in [2.75, 3.05) is 0 Å². The predicted molar refractivity (Wildman–Crippen MR) is 77.2 cm³/mol. The molecule has 4 nitrogen and oxygen atoms in total. The van der Waals surface area contributed by atoms with E-state index >= 15 is 0 Å². The summed E-state index contributed by atoms with van der Waals surface area (Å²) in [6, 6.07) is 0.234. The fourth-order valence-corrected chi connectivity index (χ4v) is 4.11. The lowest BCUT2D eigenvalue weighted by Crippen LogP contribution is -2.46. The Kier molecular flexibility index (Phi) is 5.06. The molecule has 4 atom stereocenters. The van der Waals surface area contributed by atoms with E-state index in [4.69, 9.17) is 0 Å². The van der Waals surface area contributed by atoms with Gasteiger partial charge in [-0.25, -0.2) is 0 Å². The number of nitrogens with one attached hydrogen (secondary N) is 1. The molecule has 2 saturated carbocycles. The van der Waals surface area contributed by atoms with Gasteiger partial charge in [0.25, 0.3) is 0 Å². The van der Waals surface area contributed by atoms with Crippen LogP contribution in [-0.2, 0) is 9.59 Å². The molecule has 0 aromatic carbocycles. The molecular weight excluding hydrogens is 254 g/mol. The number of rotatable bonds is 3. The lowest BCUT2D eigenvalue weighted by molar-refractivity contribution is -0.149. The number of carbonyl (C=O) groups excluding carboxylic acids is 1. The van der Waals surface area contributed by atoms with E-state index in [0.717, 1.165) is 32.1 Å². The first-order valence-corrected chi connectivity index (χ1v) is 8.00. The first-order chi connectivity index (χ1) is 9.47. The third-order valence-corrected chi connectivity index (χ3v) is 4.94. The topological polar surface area (TPSA) is 66.4 Å². The number of carboxylic acid groups (broad SMARTS) is 1. The Labute approximate surface area is 121 Å². The van der Waals surface area contributed by atoms with Crippen LogP contribution in [0.3, 0.4) is 0 Å². The average molecular weight is 281 g/mol. The van der Waals surface area contributed by atoms with Crippen molar-refractivity contribution < 1.29 is 14.7 Å². The highest BCUT2D eigenvalue weighted by atomic mass is 16.4. The Morgan fingerprint density at radius 3 is 2.05 bits per heavy atom. The van der Waals surface area contributed by atoms with Gasteiger partial charge in [-0.05, 0) is 43.9 Å². The molecule has 0 aromatic heterocycles. The summed E-state index contributed by atoms with van der Waals surface area (Å²) in [5.41, 5.74) is 0. The zero-order valence-electron chi connectivity index (χ0n) is 12.6. The van der Waals surface area contributed by atoms with E-state index in [1.54, 1.807) is 0 Å². The van der Waals surface area contributed by atoms with Gasteiger partial charge < -0.3 is 10.4 Å². The summed E-state index contributed by atoms with van der Waals surface area (Å²) in [7, 11) is 0. The SMILES string of the molecule is CC1CC(C)CC(NC(=O)[C@@H]2CCCC[C@@H]2C(=O)O)C1. The van der Waals surface area contributed by atoms with Gasteiger partial charge in [0.15, 0.2) is 0 Å². The third kappa shape index (κ3) is 3.74. The molecule has 2 aliphatic carbocycles. The summed E-state index contributed by atoms with van der Waals surface area (Å²) in [6.07, 6.45) is 6.55. The molecule has 0 aromatic rings. The maximum atomic E-state index is 12.4. The minimum Gasteiger partial charge on any atom is -0.481 e. The summed E-state index contributed by atoms with van der Waals surface area (Å²) < 4.78 is 0. The van der Waals surface area contributed by atoms with Crippen molar-refractivity contribution in [3.63, 3.8) is 0 Å². The number of hydrogen-bond donors (Lipinski definition) is 2. The first-order valence-electron chi connectivity index (χ1n) is 8.00. The van der Waals surface area contributed by atoms with Crippen molar-refractivity contribution in [1.29, 1.82) is 0 Å². The lowest BCUT2D eigenvalue weighted by Gasteiger charge is -2.34. The second kappa shape index (κ2) is 6.59. The smallest absolute Gasteiger partial charge is 0.307 e. The molecule has 2 N–H and O–H groups in total. The van der Waals surface area contributed by atoms with Gasteiger partial charge in [-0.1, -0.05) is 26.7 Å². The van der Waals surface area contributed by atoms with Gasteiger partial charge in [-0.15, -0.1) is 0 Å².